The smallest absolute Gasteiger partial charge is 0.124 e. The van der Waals surface area contributed by atoms with Crippen molar-refractivity contribution in [3.63, 3.8) is 0 Å². The van der Waals surface area contributed by atoms with E-state index in [-0.39, 0.29) is 18.0 Å². The van der Waals surface area contributed by atoms with Gasteiger partial charge in [0, 0.05) is 30.0 Å². The van der Waals surface area contributed by atoms with E-state index in [1.54, 1.807) is 7.11 Å². The Morgan fingerprint density at radius 1 is 0.867 bits per heavy atom. The Bertz CT molecular complexity index is 996. The number of rotatable bonds is 4. The molecule has 0 spiro atoms. The molecule has 156 valence electrons. The van der Waals surface area contributed by atoms with Gasteiger partial charge in [-0.1, -0.05) is 84.8 Å². The predicted molar refractivity (Wildman–Crippen MR) is 122 cm³/mol. The number of hydrogen-bond donors (Lipinski definition) is 2. The Hall–Kier alpha value is -2.62. The van der Waals surface area contributed by atoms with E-state index in [1.807, 2.05) is 24.3 Å². The Balaban J connectivity index is 1.81. The van der Waals surface area contributed by atoms with E-state index >= 15 is 0 Å². The molecular weight excluding hydrogens is 370 g/mol. The highest BCUT2D eigenvalue weighted by Crippen LogP contribution is 2.50. The van der Waals surface area contributed by atoms with Crippen LogP contribution < -0.4 is 10.1 Å². The molecule has 1 aliphatic heterocycles. The molecule has 4 unspecified atom stereocenters. The molecule has 1 aliphatic rings. The van der Waals surface area contributed by atoms with Crippen LogP contribution in [0.4, 0.5) is 0 Å². The van der Waals surface area contributed by atoms with E-state index in [2.05, 4.69) is 74.6 Å². The maximum Gasteiger partial charge on any atom is 0.124 e. The molecular formula is C27H31NO2. The van der Waals surface area contributed by atoms with Crippen molar-refractivity contribution in [3.8, 4) is 5.75 Å². The fourth-order valence-electron chi connectivity index (χ4n) is 4.72. The van der Waals surface area contributed by atoms with Gasteiger partial charge in [-0.2, -0.15) is 0 Å². The van der Waals surface area contributed by atoms with Gasteiger partial charge in [-0.05, 0) is 31.0 Å². The van der Waals surface area contributed by atoms with Crippen molar-refractivity contribution >= 4 is 0 Å². The SMILES string of the molecule is COc1ccccc1C1(O)CC(c2ccc(C)cc2)NC(c2ccc(C)cc2)C1C. The fraction of sp³-hybridized carbons (Fsp3) is 0.333. The molecule has 4 rings (SSSR count). The molecule has 3 aromatic rings. The monoisotopic (exact) mass is 401 g/mol. The molecule has 0 saturated carbocycles. The third-order valence-corrected chi connectivity index (χ3v) is 6.64. The average Bonchev–Trinajstić information content (AvgIpc) is 2.77. The first-order chi connectivity index (χ1) is 14.4. The lowest BCUT2D eigenvalue weighted by Gasteiger charge is -2.48. The summed E-state index contributed by atoms with van der Waals surface area (Å²) in [6, 6.07) is 25.1. The first-order valence-corrected chi connectivity index (χ1v) is 10.7. The Morgan fingerprint density at radius 3 is 2.03 bits per heavy atom. The Kier molecular flexibility index (Phi) is 5.68. The third kappa shape index (κ3) is 3.76. The molecule has 0 aromatic heterocycles. The van der Waals surface area contributed by atoms with Crippen LogP contribution >= 0.6 is 0 Å². The van der Waals surface area contributed by atoms with Crippen LogP contribution in [0.2, 0.25) is 0 Å². The van der Waals surface area contributed by atoms with E-state index in [9.17, 15) is 5.11 Å². The molecule has 2 N–H and O–H groups in total. The highest BCUT2D eigenvalue weighted by atomic mass is 16.5. The summed E-state index contributed by atoms with van der Waals surface area (Å²) in [6.45, 7) is 6.33. The fourth-order valence-corrected chi connectivity index (χ4v) is 4.72. The third-order valence-electron chi connectivity index (χ3n) is 6.64. The van der Waals surface area contributed by atoms with Gasteiger partial charge in [-0.25, -0.2) is 0 Å². The van der Waals surface area contributed by atoms with Gasteiger partial charge >= 0.3 is 0 Å². The lowest BCUT2D eigenvalue weighted by atomic mass is 9.68. The Labute approximate surface area is 179 Å². The minimum absolute atomic E-state index is 0.0144. The van der Waals surface area contributed by atoms with E-state index in [1.165, 1.54) is 22.3 Å². The van der Waals surface area contributed by atoms with Crippen LogP contribution in [-0.4, -0.2) is 12.2 Å². The molecule has 0 amide bonds. The number of ether oxygens (including phenoxy) is 1. The number of para-hydroxylation sites is 1. The number of aryl methyl sites for hydroxylation is 2. The maximum atomic E-state index is 12.2. The number of aliphatic hydroxyl groups is 1. The molecule has 3 aromatic carbocycles. The van der Waals surface area contributed by atoms with Gasteiger partial charge in [0.25, 0.3) is 0 Å². The molecule has 0 bridgehead atoms. The Morgan fingerprint density at radius 2 is 1.43 bits per heavy atom. The molecule has 30 heavy (non-hydrogen) atoms. The van der Waals surface area contributed by atoms with Crippen molar-refractivity contribution in [2.45, 2.75) is 44.9 Å². The van der Waals surface area contributed by atoms with Crippen molar-refractivity contribution in [2.75, 3.05) is 7.11 Å². The van der Waals surface area contributed by atoms with Gasteiger partial charge in [0.2, 0.25) is 0 Å². The zero-order valence-electron chi connectivity index (χ0n) is 18.2. The summed E-state index contributed by atoms with van der Waals surface area (Å²) >= 11 is 0. The summed E-state index contributed by atoms with van der Waals surface area (Å²) in [4.78, 5) is 0. The van der Waals surface area contributed by atoms with E-state index in [0.717, 1.165) is 11.3 Å². The van der Waals surface area contributed by atoms with Gasteiger partial charge in [0.15, 0.2) is 0 Å². The second kappa shape index (κ2) is 8.25. The van der Waals surface area contributed by atoms with Gasteiger partial charge in [-0.15, -0.1) is 0 Å². The quantitative estimate of drug-likeness (QED) is 0.597. The number of benzene rings is 3. The van der Waals surface area contributed by atoms with Gasteiger partial charge < -0.3 is 15.2 Å². The summed E-state index contributed by atoms with van der Waals surface area (Å²) < 4.78 is 5.65. The average molecular weight is 402 g/mol. The zero-order valence-corrected chi connectivity index (χ0v) is 18.2. The van der Waals surface area contributed by atoms with Gasteiger partial charge in [-0.3, -0.25) is 0 Å². The zero-order chi connectivity index (χ0) is 21.3. The normalized spacial score (nSPS) is 26.4. The van der Waals surface area contributed by atoms with E-state index in [0.29, 0.717) is 6.42 Å². The van der Waals surface area contributed by atoms with Crippen LogP contribution in [0, 0.1) is 19.8 Å². The molecule has 3 nitrogen and oxygen atoms in total. The second-order valence-electron chi connectivity index (χ2n) is 8.64. The second-order valence-corrected chi connectivity index (χ2v) is 8.64. The van der Waals surface area contributed by atoms with Crippen LogP contribution in [0.3, 0.4) is 0 Å². The van der Waals surface area contributed by atoms with Crippen molar-refractivity contribution < 1.29 is 9.84 Å². The van der Waals surface area contributed by atoms with Crippen LogP contribution in [0.15, 0.2) is 72.8 Å². The molecule has 0 radical (unpaired) electrons. The first kappa shape index (κ1) is 20.6. The molecule has 1 saturated heterocycles. The van der Waals surface area contributed by atoms with Crippen molar-refractivity contribution in [1.82, 2.24) is 5.32 Å². The van der Waals surface area contributed by atoms with Crippen molar-refractivity contribution in [3.05, 3.63) is 101 Å². The molecule has 3 heteroatoms. The van der Waals surface area contributed by atoms with Crippen LogP contribution in [0.5, 0.6) is 5.75 Å². The van der Waals surface area contributed by atoms with Crippen molar-refractivity contribution in [2.24, 2.45) is 5.92 Å². The largest absolute Gasteiger partial charge is 0.496 e. The molecule has 4 atom stereocenters. The minimum atomic E-state index is -1.02. The van der Waals surface area contributed by atoms with Crippen molar-refractivity contribution in [1.29, 1.82) is 0 Å². The number of piperidine rings is 1. The summed E-state index contributed by atoms with van der Waals surface area (Å²) in [5.74, 6) is 0.692. The topological polar surface area (TPSA) is 41.5 Å². The lowest BCUT2D eigenvalue weighted by molar-refractivity contribution is -0.0755. The molecule has 1 heterocycles. The predicted octanol–water partition coefficient (Wildman–Crippen LogP) is 5.61. The molecule has 0 aliphatic carbocycles. The first-order valence-electron chi connectivity index (χ1n) is 10.7. The summed E-state index contributed by atoms with van der Waals surface area (Å²) in [6.07, 6.45) is 0.583. The highest BCUT2D eigenvalue weighted by Gasteiger charge is 2.48. The van der Waals surface area contributed by atoms with Crippen LogP contribution in [0.1, 0.15) is 53.2 Å². The van der Waals surface area contributed by atoms with Crippen LogP contribution in [0.25, 0.3) is 0 Å². The lowest BCUT2D eigenvalue weighted by Crippen LogP contribution is -2.50. The van der Waals surface area contributed by atoms with Gasteiger partial charge in [0.05, 0.1) is 12.7 Å². The number of nitrogens with one attached hydrogen (secondary N) is 1. The summed E-state index contributed by atoms with van der Waals surface area (Å²) in [5, 5.41) is 16.0. The summed E-state index contributed by atoms with van der Waals surface area (Å²) in [7, 11) is 1.67. The number of methoxy groups -OCH3 is 1. The maximum absolute atomic E-state index is 12.2. The van der Waals surface area contributed by atoms with E-state index in [4.69, 9.17) is 4.74 Å². The molecule has 1 fully saturated rings. The number of hydrogen-bond acceptors (Lipinski definition) is 3. The summed E-state index contributed by atoms with van der Waals surface area (Å²) in [5.41, 5.74) is 4.69. The van der Waals surface area contributed by atoms with Crippen LogP contribution in [-0.2, 0) is 5.60 Å². The van der Waals surface area contributed by atoms with Gasteiger partial charge in [0.1, 0.15) is 5.75 Å². The standard InChI is InChI=1S/C27H31NO2/c1-18-9-13-21(14-10-18)24-17-27(29,23-7-5-6-8-25(23)30-4)20(3)26(28-24)22-15-11-19(2)12-16-22/h5-16,20,24,26,28-29H,17H2,1-4H3. The minimum Gasteiger partial charge on any atom is -0.496 e. The highest BCUT2D eigenvalue weighted by molar-refractivity contribution is 5.41. The van der Waals surface area contributed by atoms with E-state index < -0.39 is 5.60 Å².